The minimum Gasteiger partial charge on any atom is -0.493 e. The Hall–Kier alpha value is -1.42. The highest BCUT2D eigenvalue weighted by atomic mass is 16.5. The van der Waals surface area contributed by atoms with E-state index in [4.69, 9.17) is 10.5 Å². The summed E-state index contributed by atoms with van der Waals surface area (Å²) in [5, 5.41) is 10.0. The first-order valence-corrected chi connectivity index (χ1v) is 7.63. The molecule has 2 aliphatic rings. The molecular formula is C16H24N2O2. The average Bonchev–Trinajstić information content (AvgIpc) is 2.99. The molecule has 0 aromatic heterocycles. The Labute approximate surface area is 120 Å². The molecule has 20 heavy (non-hydrogen) atoms. The fourth-order valence-corrected chi connectivity index (χ4v) is 3.54. The monoisotopic (exact) mass is 276 g/mol. The highest BCUT2D eigenvalue weighted by Gasteiger charge is 2.41. The van der Waals surface area contributed by atoms with Gasteiger partial charge in [-0.3, -0.25) is 0 Å². The maximum absolute atomic E-state index is 10.0. The standard InChI is InChI=1S/C16H24N2O2/c1-2-5-20-14-7-12(17)6-13(8-14)18-9-11-3-4-16(19)15(11)10-18/h6-8,11,15-16,19H,2-5,9-10,17H2,1H3. The lowest BCUT2D eigenvalue weighted by Gasteiger charge is -2.22. The summed E-state index contributed by atoms with van der Waals surface area (Å²) >= 11 is 0. The molecule has 1 saturated heterocycles. The van der Waals surface area contributed by atoms with Crippen LogP contribution in [0.25, 0.3) is 0 Å². The molecule has 3 N–H and O–H groups in total. The van der Waals surface area contributed by atoms with Crippen LogP contribution in [0.15, 0.2) is 18.2 Å². The van der Waals surface area contributed by atoms with E-state index in [9.17, 15) is 5.11 Å². The number of hydrogen-bond acceptors (Lipinski definition) is 4. The number of benzene rings is 1. The molecule has 1 saturated carbocycles. The summed E-state index contributed by atoms with van der Waals surface area (Å²) in [6.07, 6.45) is 2.97. The second-order valence-corrected chi connectivity index (χ2v) is 6.08. The van der Waals surface area contributed by atoms with Crippen molar-refractivity contribution < 1.29 is 9.84 Å². The van der Waals surface area contributed by atoms with Gasteiger partial charge in [-0.05, 0) is 31.2 Å². The zero-order valence-corrected chi connectivity index (χ0v) is 12.1. The molecule has 1 aromatic carbocycles. The zero-order valence-electron chi connectivity index (χ0n) is 12.1. The van der Waals surface area contributed by atoms with Crippen LogP contribution >= 0.6 is 0 Å². The van der Waals surface area contributed by atoms with Gasteiger partial charge < -0.3 is 20.5 Å². The van der Waals surface area contributed by atoms with Gasteiger partial charge in [0.1, 0.15) is 5.75 Å². The maximum atomic E-state index is 10.0. The molecule has 1 aliphatic carbocycles. The molecule has 0 bridgehead atoms. The fourth-order valence-electron chi connectivity index (χ4n) is 3.54. The van der Waals surface area contributed by atoms with Gasteiger partial charge in [0, 0.05) is 42.5 Å². The van der Waals surface area contributed by atoms with E-state index in [1.54, 1.807) is 0 Å². The second kappa shape index (κ2) is 5.52. The van der Waals surface area contributed by atoms with E-state index < -0.39 is 0 Å². The van der Waals surface area contributed by atoms with Crippen molar-refractivity contribution in [2.24, 2.45) is 11.8 Å². The first-order valence-electron chi connectivity index (χ1n) is 7.63. The first-order chi connectivity index (χ1) is 9.67. The van der Waals surface area contributed by atoms with Crippen molar-refractivity contribution >= 4 is 11.4 Å². The van der Waals surface area contributed by atoms with Crippen molar-refractivity contribution in [1.29, 1.82) is 0 Å². The molecule has 3 unspecified atom stereocenters. The van der Waals surface area contributed by atoms with E-state index >= 15 is 0 Å². The van der Waals surface area contributed by atoms with E-state index in [1.807, 2.05) is 12.1 Å². The van der Waals surface area contributed by atoms with Crippen LogP contribution < -0.4 is 15.4 Å². The molecule has 1 aliphatic heterocycles. The minimum absolute atomic E-state index is 0.123. The lowest BCUT2D eigenvalue weighted by molar-refractivity contribution is 0.133. The van der Waals surface area contributed by atoms with E-state index in [2.05, 4.69) is 17.9 Å². The van der Waals surface area contributed by atoms with Crippen molar-refractivity contribution in [3.05, 3.63) is 18.2 Å². The number of ether oxygens (including phenoxy) is 1. The van der Waals surface area contributed by atoms with Gasteiger partial charge in [-0.15, -0.1) is 0 Å². The molecule has 0 amide bonds. The van der Waals surface area contributed by atoms with Crippen molar-refractivity contribution in [3.8, 4) is 5.75 Å². The molecule has 4 nitrogen and oxygen atoms in total. The lowest BCUT2D eigenvalue weighted by Crippen LogP contribution is -2.24. The minimum atomic E-state index is -0.123. The number of aliphatic hydroxyl groups excluding tert-OH is 1. The Kier molecular flexibility index (Phi) is 3.74. The Balaban J connectivity index is 1.75. The molecule has 4 heteroatoms. The summed E-state index contributed by atoms with van der Waals surface area (Å²) in [5.41, 5.74) is 7.85. The Morgan fingerprint density at radius 2 is 2.15 bits per heavy atom. The van der Waals surface area contributed by atoms with Crippen LogP contribution in [-0.2, 0) is 0 Å². The predicted octanol–water partition coefficient (Wildman–Crippen LogP) is 2.26. The number of rotatable bonds is 4. The molecule has 2 fully saturated rings. The summed E-state index contributed by atoms with van der Waals surface area (Å²) in [7, 11) is 0. The van der Waals surface area contributed by atoms with Gasteiger partial charge in [-0.2, -0.15) is 0 Å². The van der Waals surface area contributed by atoms with Crippen LogP contribution in [0.4, 0.5) is 11.4 Å². The van der Waals surface area contributed by atoms with Gasteiger partial charge in [0.25, 0.3) is 0 Å². The topological polar surface area (TPSA) is 58.7 Å². The predicted molar refractivity (Wildman–Crippen MR) is 81.1 cm³/mol. The smallest absolute Gasteiger partial charge is 0.123 e. The molecule has 110 valence electrons. The molecule has 3 atom stereocenters. The normalized spacial score (nSPS) is 28.7. The third-order valence-electron chi connectivity index (χ3n) is 4.57. The van der Waals surface area contributed by atoms with Crippen LogP contribution in [-0.4, -0.2) is 30.9 Å². The number of nitrogens with zero attached hydrogens (tertiary/aromatic N) is 1. The third kappa shape index (κ3) is 2.57. The van der Waals surface area contributed by atoms with Gasteiger partial charge in [-0.25, -0.2) is 0 Å². The van der Waals surface area contributed by atoms with Gasteiger partial charge in [-0.1, -0.05) is 6.92 Å². The Bertz CT molecular complexity index is 478. The van der Waals surface area contributed by atoms with Crippen LogP contribution in [0.1, 0.15) is 26.2 Å². The van der Waals surface area contributed by atoms with Crippen molar-refractivity contribution in [2.45, 2.75) is 32.3 Å². The highest BCUT2D eigenvalue weighted by Crippen LogP contribution is 2.40. The summed E-state index contributed by atoms with van der Waals surface area (Å²) in [5.74, 6) is 1.90. The van der Waals surface area contributed by atoms with Crippen molar-refractivity contribution in [2.75, 3.05) is 30.3 Å². The van der Waals surface area contributed by atoms with E-state index in [0.717, 1.165) is 49.5 Å². The number of aliphatic hydroxyl groups is 1. The van der Waals surface area contributed by atoms with Crippen LogP contribution in [0, 0.1) is 11.8 Å². The second-order valence-electron chi connectivity index (χ2n) is 6.08. The SMILES string of the molecule is CCCOc1cc(N)cc(N2CC3CCC(O)C3C2)c1. The lowest BCUT2D eigenvalue weighted by atomic mass is 10.00. The molecule has 0 spiro atoms. The summed E-state index contributed by atoms with van der Waals surface area (Å²) in [6, 6.07) is 5.95. The van der Waals surface area contributed by atoms with E-state index in [1.165, 1.54) is 0 Å². The number of nitrogen functional groups attached to an aromatic ring is 1. The van der Waals surface area contributed by atoms with Gasteiger partial charge in [0.05, 0.1) is 12.7 Å². The van der Waals surface area contributed by atoms with Gasteiger partial charge >= 0.3 is 0 Å². The molecule has 3 rings (SSSR count). The third-order valence-corrected chi connectivity index (χ3v) is 4.57. The molecule has 1 aromatic rings. The first kappa shape index (κ1) is 13.6. The maximum Gasteiger partial charge on any atom is 0.123 e. The largest absolute Gasteiger partial charge is 0.493 e. The number of anilines is 2. The summed E-state index contributed by atoms with van der Waals surface area (Å²) in [6.45, 7) is 4.77. The van der Waals surface area contributed by atoms with Crippen molar-refractivity contribution in [1.82, 2.24) is 0 Å². The Morgan fingerprint density at radius 3 is 2.90 bits per heavy atom. The van der Waals surface area contributed by atoms with Gasteiger partial charge in [0.2, 0.25) is 0 Å². The number of fused-ring (bicyclic) bond motifs is 1. The van der Waals surface area contributed by atoms with Gasteiger partial charge in [0.15, 0.2) is 0 Å². The number of hydrogen-bond donors (Lipinski definition) is 2. The van der Waals surface area contributed by atoms with Crippen molar-refractivity contribution in [3.63, 3.8) is 0 Å². The van der Waals surface area contributed by atoms with Crippen LogP contribution in [0.2, 0.25) is 0 Å². The quantitative estimate of drug-likeness (QED) is 0.828. The highest BCUT2D eigenvalue weighted by molar-refractivity contribution is 5.61. The zero-order chi connectivity index (χ0) is 14.1. The summed E-state index contributed by atoms with van der Waals surface area (Å²) < 4.78 is 5.70. The van der Waals surface area contributed by atoms with Crippen LogP contribution in [0.3, 0.4) is 0 Å². The van der Waals surface area contributed by atoms with E-state index in [0.29, 0.717) is 18.4 Å². The van der Waals surface area contributed by atoms with E-state index in [-0.39, 0.29) is 6.10 Å². The molecule has 0 radical (unpaired) electrons. The fraction of sp³-hybridized carbons (Fsp3) is 0.625. The van der Waals surface area contributed by atoms with Crippen LogP contribution in [0.5, 0.6) is 5.75 Å². The molecule has 1 heterocycles. The number of nitrogens with two attached hydrogens (primary N) is 1. The molecular weight excluding hydrogens is 252 g/mol. The Morgan fingerprint density at radius 1 is 1.30 bits per heavy atom. The summed E-state index contributed by atoms with van der Waals surface area (Å²) in [4.78, 5) is 2.34. The average molecular weight is 276 g/mol.